The summed E-state index contributed by atoms with van der Waals surface area (Å²) < 4.78 is 0. The van der Waals surface area contributed by atoms with E-state index < -0.39 is 0 Å². The van der Waals surface area contributed by atoms with E-state index in [1.807, 2.05) is 0 Å². The molecule has 2 aliphatic rings. The van der Waals surface area contributed by atoms with Crippen molar-refractivity contribution in [3.8, 4) is 0 Å². The molecule has 1 atom stereocenters. The van der Waals surface area contributed by atoms with E-state index in [0.29, 0.717) is 6.04 Å². The second-order valence-corrected chi connectivity index (χ2v) is 5.31. The topological polar surface area (TPSA) is 15.3 Å². The zero-order chi connectivity index (χ0) is 11.1. The molecule has 1 aromatic carbocycles. The number of nitrogens with zero attached hydrogens (tertiary/aromatic N) is 1. The second kappa shape index (κ2) is 3.77. The van der Waals surface area contributed by atoms with Crippen LogP contribution in [0.15, 0.2) is 18.2 Å². The van der Waals surface area contributed by atoms with Gasteiger partial charge in [-0.05, 0) is 48.9 Å². The van der Waals surface area contributed by atoms with Gasteiger partial charge in [0.1, 0.15) is 0 Å². The molecule has 1 N–H and O–H groups in total. The Morgan fingerprint density at radius 1 is 1.19 bits per heavy atom. The smallest absolute Gasteiger partial charge is 0.0363 e. The largest absolute Gasteiger partial charge is 0.378 e. The average Bonchev–Trinajstić information content (AvgIpc) is 2.99. The van der Waals surface area contributed by atoms with Crippen molar-refractivity contribution in [3.05, 3.63) is 29.3 Å². The van der Waals surface area contributed by atoms with Crippen molar-refractivity contribution in [2.24, 2.45) is 0 Å². The highest BCUT2D eigenvalue weighted by Gasteiger charge is 2.29. The Hall–Kier alpha value is -1.02. The van der Waals surface area contributed by atoms with Crippen molar-refractivity contribution < 1.29 is 0 Å². The van der Waals surface area contributed by atoms with Crippen molar-refractivity contribution in [1.82, 2.24) is 5.32 Å². The first-order valence-electron chi connectivity index (χ1n) is 6.30. The maximum atomic E-state index is 3.74. The third-order valence-electron chi connectivity index (χ3n) is 3.73. The summed E-state index contributed by atoms with van der Waals surface area (Å²) in [5.41, 5.74) is 4.41. The molecule has 2 nitrogen and oxygen atoms in total. The summed E-state index contributed by atoms with van der Waals surface area (Å²) in [7, 11) is 4.22. The molecule has 2 heteroatoms. The van der Waals surface area contributed by atoms with E-state index in [1.165, 1.54) is 36.9 Å². The van der Waals surface area contributed by atoms with Gasteiger partial charge in [0.2, 0.25) is 0 Å². The van der Waals surface area contributed by atoms with E-state index in [9.17, 15) is 0 Å². The Morgan fingerprint density at radius 2 is 2.00 bits per heavy atom. The number of hydrogen-bond donors (Lipinski definition) is 1. The molecule has 16 heavy (non-hydrogen) atoms. The van der Waals surface area contributed by atoms with Crippen molar-refractivity contribution >= 4 is 5.69 Å². The van der Waals surface area contributed by atoms with Crippen molar-refractivity contribution in [2.75, 3.05) is 19.0 Å². The van der Waals surface area contributed by atoms with E-state index >= 15 is 0 Å². The molecule has 0 radical (unpaired) electrons. The number of rotatable bonds is 3. The lowest BCUT2D eigenvalue weighted by Crippen LogP contribution is -2.21. The molecule has 0 spiro atoms. The molecule has 0 amide bonds. The number of anilines is 1. The van der Waals surface area contributed by atoms with Gasteiger partial charge >= 0.3 is 0 Å². The van der Waals surface area contributed by atoms with Crippen LogP contribution in [-0.4, -0.2) is 20.1 Å². The standard InChI is InChI=1S/C14H20N2/c1-16(2)12-6-7-13-10(9-12)3-8-14(13)15-11-4-5-11/h6-7,9,11,14-15H,3-5,8H2,1-2H3. The molecule has 1 aromatic rings. The fourth-order valence-electron chi connectivity index (χ4n) is 2.59. The van der Waals surface area contributed by atoms with Crippen LogP contribution in [0.3, 0.4) is 0 Å². The minimum atomic E-state index is 0.624. The third kappa shape index (κ3) is 1.82. The van der Waals surface area contributed by atoms with E-state index in [1.54, 1.807) is 5.56 Å². The maximum absolute atomic E-state index is 3.74. The van der Waals surface area contributed by atoms with Crippen molar-refractivity contribution in [3.63, 3.8) is 0 Å². The number of benzene rings is 1. The van der Waals surface area contributed by atoms with E-state index in [-0.39, 0.29) is 0 Å². The first-order valence-corrected chi connectivity index (χ1v) is 6.30. The number of aryl methyl sites for hydroxylation is 1. The first kappa shape index (κ1) is 10.2. The molecule has 0 heterocycles. The molecule has 0 saturated heterocycles. The summed E-state index contributed by atoms with van der Waals surface area (Å²) in [4.78, 5) is 2.18. The molecule has 1 fully saturated rings. The van der Waals surface area contributed by atoms with Crippen LogP contribution in [0, 0.1) is 0 Å². The summed E-state index contributed by atoms with van der Waals surface area (Å²) in [6.07, 6.45) is 5.27. The quantitative estimate of drug-likeness (QED) is 0.835. The zero-order valence-corrected chi connectivity index (χ0v) is 10.2. The molecule has 0 aliphatic heterocycles. The lowest BCUT2D eigenvalue weighted by atomic mass is 10.1. The lowest BCUT2D eigenvalue weighted by molar-refractivity contribution is 0.527. The first-order chi connectivity index (χ1) is 7.74. The van der Waals surface area contributed by atoms with Gasteiger partial charge in [-0.15, -0.1) is 0 Å². The van der Waals surface area contributed by atoms with Gasteiger partial charge in [0.05, 0.1) is 0 Å². The third-order valence-corrected chi connectivity index (χ3v) is 3.73. The van der Waals surface area contributed by atoms with Crippen molar-refractivity contribution in [1.29, 1.82) is 0 Å². The second-order valence-electron chi connectivity index (χ2n) is 5.31. The van der Waals surface area contributed by atoms with Crippen molar-refractivity contribution in [2.45, 2.75) is 37.8 Å². The van der Waals surface area contributed by atoms with E-state index in [2.05, 4.69) is 42.5 Å². The monoisotopic (exact) mass is 216 g/mol. The van der Waals surface area contributed by atoms with Crippen LogP contribution in [-0.2, 0) is 6.42 Å². The Morgan fingerprint density at radius 3 is 2.69 bits per heavy atom. The van der Waals surface area contributed by atoms with Gasteiger partial charge in [-0.3, -0.25) is 0 Å². The Kier molecular flexibility index (Phi) is 2.40. The van der Waals surface area contributed by atoms with E-state index in [4.69, 9.17) is 0 Å². The maximum Gasteiger partial charge on any atom is 0.0363 e. The van der Waals surface area contributed by atoms with Crippen LogP contribution in [0.5, 0.6) is 0 Å². The fraction of sp³-hybridized carbons (Fsp3) is 0.571. The normalized spacial score (nSPS) is 23.2. The van der Waals surface area contributed by atoms with Crippen LogP contribution < -0.4 is 10.2 Å². The molecule has 0 bridgehead atoms. The van der Waals surface area contributed by atoms with Crippen LogP contribution in [0.1, 0.15) is 36.4 Å². The average molecular weight is 216 g/mol. The number of nitrogens with one attached hydrogen (secondary N) is 1. The SMILES string of the molecule is CN(C)c1ccc2c(c1)CCC2NC1CC1. The molecule has 1 unspecified atom stereocenters. The summed E-state index contributed by atoms with van der Waals surface area (Å²) in [6, 6.07) is 8.34. The Balaban J connectivity index is 1.83. The summed E-state index contributed by atoms with van der Waals surface area (Å²) in [5, 5.41) is 3.74. The highest BCUT2D eigenvalue weighted by molar-refractivity contribution is 5.52. The minimum Gasteiger partial charge on any atom is -0.378 e. The molecule has 3 rings (SSSR count). The molecule has 0 aromatic heterocycles. The van der Waals surface area contributed by atoms with Gasteiger partial charge in [0, 0.05) is 31.9 Å². The summed E-state index contributed by atoms with van der Waals surface area (Å²) in [6.45, 7) is 0. The van der Waals surface area contributed by atoms with Crippen LogP contribution >= 0.6 is 0 Å². The van der Waals surface area contributed by atoms with Gasteiger partial charge in [0.25, 0.3) is 0 Å². The molecular weight excluding hydrogens is 196 g/mol. The fourth-order valence-corrected chi connectivity index (χ4v) is 2.59. The predicted octanol–water partition coefficient (Wildman–Crippen LogP) is 2.49. The molecule has 2 aliphatic carbocycles. The predicted molar refractivity (Wildman–Crippen MR) is 68.0 cm³/mol. The van der Waals surface area contributed by atoms with Crippen LogP contribution in [0.2, 0.25) is 0 Å². The van der Waals surface area contributed by atoms with Crippen LogP contribution in [0.4, 0.5) is 5.69 Å². The van der Waals surface area contributed by atoms with Crippen LogP contribution in [0.25, 0.3) is 0 Å². The van der Waals surface area contributed by atoms with E-state index in [0.717, 1.165) is 6.04 Å². The zero-order valence-electron chi connectivity index (χ0n) is 10.2. The Bertz CT molecular complexity index is 394. The van der Waals surface area contributed by atoms with Gasteiger partial charge in [-0.2, -0.15) is 0 Å². The number of hydrogen-bond acceptors (Lipinski definition) is 2. The Labute approximate surface area is 97.6 Å². The summed E-state index contributed by atoms with van der Waals surface area (Å²) in [5.74, 6) is 0. The lowest BCUT2D eigenvalue weighted by Gasteiger charge is -2.16. The van der Waals surface area contributed by atoms with Gasteiger partial charge in [0.15, 0.2) is 0 Å². The highest BCUT2D eigenvalue weighted by Crippen LogP contribution is 2.35. The van der Waals surface area contributed by atoms with Gasteiger partial charge in [-0.25, -0.2) is 0 Å². The minimum absolute atomic E-state index is 0.624. The number of fused-ring (bicyclic) bond motifs is 1. The van der Waals surface area contributed by atoms with Gasteiger partial charge in [-0.1, -0.05) is 6.07 Å². The van der Waals surface area contributed by atoms with Gasteiger partial charge < -0.3 is 10.2 Å². The molecular formula is C14H20N2. The highest BCUT2D eigenvalue weighted by atomic mass is 15.1. The molecule has 86 valence electrons. The summed E-state index contributed by atoms with van der Waals surface area (Å²) >= 11 is 0. The molecule has 1 saturated carbocycles.